The van der Waals surface area contributed by atoms with E-state index in [0.717, 1.165) is 4.90 Å². The first-order chi connectivity index (χ1) is 7.74. The summed E-state index contributed by atoms with van der Waals surface area (Å²) in [5.74, 6) is -0.915. The Kier molecular flexibility index (Phi) is 3.72. The summed E-state index contributed by atoms with van der Waals surface area (Å²) in [6, 6.07) is -0.569. The minimum absolute atomic E-state index is 0.0775. The Bertz CT molecular complexity index is 335. The molecular weight excluding hydrogens is 226 g/mol. The molecule has 0 aliphatic carbocycles. The highest BCUT2D eigenvalue weighted by Gasteiger charge is 2.32. The molecule has 0 radical (unpaired) electrons. The standard InChI is InChI=1S/C10H17N3O4/c1-6(14)10(2,3)12-7(15)5-13-8(16)4-11-9(13)17/h6,14H,4-5H2,1-3H3,(H,11,17)(H,12,15). The van der Waals surface area contributed by atoms with Crippen molar-refractivity contribution < 1.29 is 19.5 Å². The van der Waals surface area contributed by atoms with E-state index in [9.17, 15) is 19.5 Å². The summed E-state index contributed by atoms with van der Waals surface area (Å²) in [4.78, 5) is 34.9. The lowest BCUT2D eigenvalue weighted by Crippen LogP contribution is -2.54. The van der Waals surface area contributed by atoms with E-state index in [2.05, 4.69) is 10.6 Å². The van der Waals surface area contributed by atoms with E-state index < -0.39 is 29.5 Å². The SMILES string of the molecule is CC(O)C(C)(C)NC(=O)CN1C(=O)CNC1=O. The molecule has 7 nitrogen and oxygen atoms in total. The van der Waals surface area contributed by atoms with Crippen LogP contribution in [0.2, 0.25) is 0 Å². The van der Waals surface area contributed by atoms with E-state index in [1.54, 1.807) is 20.8 Å². The van der Waals surface area contributed by atoms with Gasteiger partial charge in [0.15, 0.2) is 0 Å². The van der Waals surface area contributed by atoms with Crippen LogP contribution in [-0.2, 0) is 9.59 Å². The minimum atomic E-state index is -0.809. The molecule has 4 amide bonds. The normalized spacial score (nSPS) is 18.0. The molecule has 1 aliphatic heterocycles. The monoisotopic (exact) mass is 243 g/mol. The molecule has 1 atom stereocenters. The molecule has 1 fully saturated rings. The van der Waals surface area contributed by atoms with Gasteiger partial charge in [-0.05, 0) is 20.8 Å². The molecule has 0 aromatic heterocycles. The van der Waals surface area contributed by atoms with Crippen molar-refractivity contribution in [3.63, 3.8) is 0 Å². The van der Waals surface area contributed by atoms with Crippen molar-refractivity contribution in [3.8, 4) is 0 Å². The average Bonchev–Trinajstić information content (AvgIpc) is 2.48. The third-order valence-electron chi connectivity index (χ3n) is 2.74. The van der Waals surface area contributed by atoms with Crippen LogP contribution in [0.4, 0.5) is 4.79 Å². The van der Waals surface area contributed by atoms with Crippen molar-refractivity contribution in [3.05, 3.63) is 0 Å². The van der Waals surface area contributed by atoms with E-state index >= 15 is 0 Å². The molecule has 3 N–H and O–H groups in total. The van der Waals surface area contributed by atoms with Gasteiger partial charge in [-0.25, -0.2) is 4.79 Å². The van der Waals surface area contributed by atoms with Crippen LogP contribution in [-0.4, -0.2) is 52.6 Å². The van der Waals surface area contributed by atoms with Crippen molar-refractivity contribution in [1.29, 1.82) is 0 Å². The van der Waals surface area contributed by atoms with Gasteiger partial charge >= 0.3 is 6.03 Å². The van der Waals surface area contributed by atoms with Gasteiger partial charge in [0.2, 0.25) is 5.91 Å². The molecule has 1 heterocycles. The fraction of sp³-hybridized carbons (Fsp3) is 0.700. The van der Waals surface area contributed by atoms with Gasteiger partial charge in [0.25, 0.3) is 5.91 Å². The number of hydrogen-bond donors (Lipinski definition) is 3. The maximum absolute atomic E-state index is 11.6. The van der Waals surface area contributed by atoms with Crippen LogP contribution in [0.15, 0.2) is 0 Å². The zero-order valence-corrected chi connectivity index (χ0v) is 10.1. The summed E-state index contributed by atoms with van der Waals surface area (Å²) in [6.45, 7) is 4.45. The Balaban J connectivity index is 2.56. The van der Waals surface area contributed by atoms with Gasteiger partial charge in [-0.15, -0.1) is 0 Å². The molecule has 7 heteroatoms. The number of rotatable bonds is 4. The molecule has 96 valence electrons. The molecule has 1 unspecified atom stereocenters. The molecule has 0 aromatic carbocycles. The molecular formula is C10H17N3O4. The Morgan fingerprint density at radius 1 is 1.59 bits per heavy atom. The van der Waals surface area contributed by atoms with Crippen LogP contribution in [0.25, 0.3) is 0 Å². The predicted molar refractivity (Wildman–Crippen MR) is 59.0 cm³/mol. The molecule has 1 rings (SSSR count). The lowest BCUT2D eigenvalue weighted by Gasteiger charge is -2.29. The zero-order valence-electron chi connectivity index (χ0n) is 10.1. The fourth-order valence-electron chi connectivity index (χ4n) is 1.26. The number of imide groups is 1. The largest absolute Gasteiger partial charge is 0.391 e. The van der Waals surface area contributed by atoms with Crippen LogP contribution < -0.4 is 10.6 Å². The Hall–Kier alpha value is -1.63. The van der Waals surface area contributed by atoms with Crippen LogP contribution >= 0.6 is 0 Å². The predicted octanol–water partition coefficient (Wildman–Crippen LogP) is -1.19. The van der Waals surface area contributed by atoms with E-state index in [-0.39, 0.29) is 13.1 Å². The number of carbonyl (C=O) groups is 3. The van der Waals surface area contributed by atoms with Crippen molar-refractivity contribution >= 4 is 17.8 Å². The highest BCUT2D eigenvalue weighted by molar-refractivity contribution is 6.04. The number of amides is 4. The van der Waals surface area contributed by atoms with Gasteiger partial charge in [-0.2, -0.15) is 0 Å². The summed E-state index contributed by atoms with van der Waals surface area (Å²) in [5.41, 5.74) is -0.809. The lowest BCUT2D eigenvalue weighted by molar-refractivity contribution is -0.131. The third kappa shape index (κ3) is 3.16. The number of urea groups is 1. The summed E-state index contributed by atoms with van der Waals surface area (Å²) >= 11 is 0. The smallest absolute Gasteiger partial charge is 0.325 e. The maximum Gasteiger partial charge on any atom is 0.325 e. The quantitative estimate of drug-likeness (QED) is 0.541. The van der Waals surface area contributed by atoms with Crippen molar-refractivity contribution in [2.75, 3.05) is 13.1 Å². The summed E-state index contributed by atoms with van der Waals surface area (Å²) in [5, 5.41) is 14.3. The number of aliphatic hydroxyl groups excluding tert-OH is 1. The second kappa shape index (κ2) is 4.70. The van der Waals surface area contributed by atoms with E-state index in [1.807, 2.05) is 0 Å². The lowest BCUT2D eigenvalue weighted by atomic mass is 9.99. The van der Waals surface area contributed by atoms with Gasteiger partial charge in [0, 0.05) is 0 Å². The van der Waals surface area contributed by atoms with Crippen molar-refractivity contribution in [1.82, 2.24) is 15.5 Å². The highest BCUT2D eigenvalue weighted by Crippen LogP contribution is 2.08. The minimum Gasteiger partial charge on any atom is -0.391 e. The number of hydrogen-bond acceptors (Lipinski definition) is 4. The first-order valence-corrected chi connectivity index (χ1v) is 5.31. The molecule has 1 saturated heterocycles. The molecule has 0 aromatic rings. The second-order valence-corrected chi connectivity index (χ2v) is 4.58. The second-order valence-electron chi connectivity index (χ2n) is 4.58. The topological polar surface area (TPSA) is 98.7 Å². The zero-order chi connectivity index (χ0) is 13.2. The van der Waals surface area contributed by atoms with Crippen LogP contribution in [0.3, 0.4) is 0 Å². The highest BCUT2D eigenvalue weighted by atomic mass is 16.3. The number of aliphatic hydroxyl groups is 1. The molecule has 17 heavy (non-hydrogen) atoms. The van der Waals surface area contributed by atoms with Crippen LogP contribution in [0.5, 0.6) is 0 Å². The molecule has 0 spiro atoms. The van der Waals surface area contributed by atoms with E-state index in [4.69, 9.17) is 0 Å². The van der Waals surface area contributed by atoms with Gasteiger partial charge in [0.05, 0.1) is 18.2 Å². The van der Waals surface area contributed by atoms with E-state index in [1.165, 1.54) is 0 Å². The average molecular weight is 243 g/mol. The Morgan fingerprint density at radius 2 is 2.18 bits per heavy atom. The molecule has 1 aliphatic rings. The van der Waals surface area contributed by atoms with Gasteiger partial charge < -0.3 is 15.7 Å². The maximum atomic E-state index is 11.6. The molecule has 0 bridgehead atoms. The van der Waals surface area contributed by atoms with Gasteiger partial charge in [-0.3, -0.25) is 14.5 Å². The van der Waals surface area contributed by atoms with E-state index in [0.29, 0.717) is 0 Å². The Morgan fingerprint density at radius 3 is 2.59 bits per heavy atom. The van der Waals surface area contributed by atoms with Crippen molar-refractivity contribution in [2.24, 2.45) is 0 Å². The first-order valence-electron chi connectivity index (χ1n) is 5.31. The number of nitrogens with zero attached hydrogens (tertiary/aromatic N) is 1. The summed E-state index contributed by atoms with van der Waals surface area (Å²) in [7, 11) is 0. The van der Waals surface area contributed by atoms with Crippen molar-refractivity contribution in [2.45, 2.75) is 32.4 Å². The number of nitrogens with one attached hydrogen (secondary N) is 2. The summed E-state index contributed by atoms with van der Waals surface area (Å²) in [6.07, 6.45) is -0.741. The molecule has 0 saturated carbocycles. The van der Waals surface area contributed by atoms with Crippen LogP contribution in [0.1, 0.15) is 20.8 Å². The first kappa shape index (κ1) is 13.4. The third-order valence-corrected chi connectivity index (χ3v) is 2.74. The van der Waals surface area contributed by atoms with Gasteiger partial charge in [0.1, 0.15) is 6.54 Å². The number of carbonyl (C=O) groups excluding carboxylic acids is 3. The van der Waals surface area contributed by atoms with Gasteiger partial charge in [-0.1, -0.05) is 0 Å². The Labute approximate surface area is 99.2 Å². The van der Waals surface area contributed by atoms with Crippen LogP contribution in [0, 0.1) is 0 Å². The fourth-order valence-corrected chi connectivity index (χ4v) is 1.26. The summed E-state index contributed by atoms with van der Waals surface area (Å²) < 4.78 is 0.